The third kappa shape index (κ3) is 5.69. The molecule has 0 bridgehead atoms. The number of halogens is 2. The first-order valence-electron chi connectivity index (χ1n) is 8.33. The predicted molar refractivity (Wildman–Crippen MR) is 98.1 cm³/mol. The van der Waals surface area contributed by atoms with Gasteiger partial charge in [0, 0.05) is 0 Å². The van der Waals surface area contributed by atoms with Crippen molar-refractivity contribution in [2.45, 2.75) is 40.5 Å². The van der Waals surface area contributed by atoms with Gasteiger partial charge >= 0.3 is 26.2 Å². The molecule has 0 saturated carbocycles. The number of hydrogen-bond donors (Lipinski definition) is 0. The minimum atomic E-state index is 0. The standard InChI is InChI=1S/C13H9.C10H15.2ClH.Zr/c1-3-7-12-10(5-1)9-11-6-2-4-8-13(11)12;1-8-6-5-7-9(8)10(2,3)4;;;/h1-5,7-8H,9H2;7H,5H2,1-4H3;2*1H;/q2*-1;;;+4/p-2. The summed E-state index contributed by atoms with van der Waals surface area (Å²) in [4.78, 5) is 0. The van der Waals surface area contributed by atoms with Gasteiger partial charge in [0.1, 0.15) is 0 Å². The second-order valence-electron chi connectivity index (χ2n) is 7.27. The molecule has 2 aliphatic rings. The maximum Gasteiger partial charge on any atom is 4.00 e. The summed E-state index contributed by atoms with van der Waals surface area (Å²) >= 11 is 0. The molecule has 0 unspecified atom stereocenters. The van der Waals surface area contributed by atoms with Gasteiger partial charge in [-0.05, 0) is 6.42 Å². The van der Waals surface area contributed by atoms with E-state index in [9.17, 15) is 0 Å². The smallest absolute Gasteiger partial charge is 1.00 e. The molecule has 2 aromatic rings. The molecule has 0 nitrogen and oxygen atoms in total. The quantitative estimate of drug-likeness (QED) is 0.418. The van der Waals surface area contributed by atoms with Gasteiger partial charge in [0.2, 0.25) is 0 Å². The summed E-state index contributed by atoms with van der Waals surface area (Å²) in [6.45, 7) is 8.88. The van der Waals surface area contributed by atoms with Crippen LogP contribution in [0.5, 0.6) is 0 Å². The van der Waals surface area contributed by atoms with Crippen LogP contribution in [0.2, 0.25) is 0 Å². The molecule has 0 aliphatic heterocycles. The molecule has 0 saturated heterocycles. The molecule has 0 N–H and O–H groups in total. The normalized spacial score (nSPS) is 13.4. The van der Waals surface area contributed by atoms with Crippen molar-refractivity contribution in [2.24, 2.45) is 5.41 Å². The summed E-state index contributed by atoms with van der Waals surface area (Å²) in [6.07, 6.45) is 7.63. The average Bonchev–Trinajstić information content (AvgIpc) is 3.11. The Labute approximate surface area is 190 Å². The van der Waals surface area contributed by atoms with Gasteiger partial charge in [0.25, 0.3) is 0 Å². The van der Waals surface area contributed by atoms with Crippen molar-refractivity contribution in [3.8, 4) is 11.1 Å². The second-order valence-corrected chi connectivity index (χ2v) is 7.27. The molecule has 0 fully saturated rings. The molecule has 0 heterocycles. The van der Waals surface area contributed by atoms with Gasteiger partial charge in [-0.2, -0.15) is 41.5 Å². The number of benzene rings is 2. The van der Waals surface area contributed by atoms with Crippen LogP contribution >= 0.6 is 0 Å². The van der Waals surface area contributed by atoms with E-state index in [-0.39, 0.29) is 51.0 Å². The summed E-state index contributed by atoms with van der Waals surface area (Å²) in [6, 6.07) is 18.1. The monoisotopic (exact) mass is 460 g/mol. The molecular weight excluding hydrogens is 438 g/mol. The maximum absolute atomic E-state index is 3.30. The third-order valence-electron chi connectivity index (χ3n) is 4.50. The van der Waals surface area contributed by atoms with Crippen LogP contribution in [0.4, 0.5) is 0 Å². The van der Waals surface area contributed by atoms with Crippen LogP contribution in [0, 0.1) is 17.6 Å². The number of hydrogen-bond acceptors (Lipinski definition) is 0. The Balaban J connectivity index is 0.000000445. The van der Waals surface area contributed by atoms with Crippen LogP contribution < -0.4 is 24.8 Å². The second kappa shape index (κ2) is 10.6. The Bertz CT molecular complexity index is 739. The van der Waals surface area contributed by atoms with E-state index in [0.29, 0.717) is 5.41 Å². The molecule has 3 heteroatoms. The first-order chi connectivity index (χ1) is 11.0. The van der Waals surface area contributed by atoms with Crippen LogP contribution in [-0.2, 0) is 32.6 Å². The molecule has 4 rings (SSSR count). The van der Waals surface area contributed by atoms with E-state index < -0.39 is 0 Å². The molecule has 2 aromatic carbocycles. The minimum absolute atomic E-state index is 0. The maximum atomic E-state index is 3.30. The molecule has 2 aliphatic carbocycles. The van der Waals surface area contributed by atoms with Crippen LogP contribution in [0.1, 0.15) is 45.2 Å². The SMILES string of the molecule is CC1=[C-]CC=C1C(C)(C)C.[Cl-].[Cl-].[Zr+4].[c-]1cccc2c1Cc1ccccc1-2. The fourth-order valence-electron chi connectivity index (χ4n) is 3.42. The van der Waals surface area contributed by atoms with Gasteiger partial charge in [-0.15, -0.1) is 12.0 Å². The fraction of sp³-hybridized carbons (Fsp3) is 0.304. The first-order valence-corrected chi connectivity index (χ1v) is 8.33. The number of allylic oxidation sites excluding steroid dienone is 4. The molecule has 26 heavy (non-hydrogen) atoms. The summed E-state index contributed by atoms with van der Waals surface area (Å²) < 4.78 is 0. The van der Waals surface area contributed by atoms with Crippen molar-refractivity contribution in [1.29, 1.82) is 0 Å². The van der Waals surface area contributed by atoms with E-state index in [2.05, 4.69) is 82.3 Å². The van der Waals surface area contributed by atoms with Crippen LogP contribution in [-0.4, -0.2) is 0 Å². The van der Waals surface area contributed by atoms with Gasteiger partial charge in [-0.1, -0.05) is 68.5 Å². The number of rotatable bonds is 0. The molecule has 0 spiro atoms. The Hall–Kier alpha value is -0.617. The van der Waals surface area contributed by atoms with E-state index in [1.54, 1.807) is 0 Å². The van der Waals surface area contributed by atoms with Gasteiger partial charge in [-0.3, -0.25) is 6.08 Å². The van der Waals surface area contributed by atoms with Crippen molar-refractivity contribution in [1.82, 2.24) is 0 Å². The number of fused-ring (bicyclic) bond motifs is 3. The van der Waals surface area contributed by atoms with Gasteiger partial charge in [0.05, 0.1) is 0 Å². The Morgan fingerprint density at radius 2 is 1.58 bits per heavy atom. The van der Waals surface area contributed by atoms with E-state index in [4.69, 9.17) is 0 Å². The van der Waals surface area contributed by atoms with E-state index in [0.717, 1.165) is 12.8 Å². The average molecular weight is 463 g/mol. The molecule has 0 atom stereocenters. The molecule has 0 amide bonds. The summed E-state index contributed by atoms with van der Waals surface area (Å²) in [7, 11) is 0. The third-order valence-corrected chi connectivity index (χ3v) is 4.50. The Morgan fingerprint density at radius 1 is 0.923 bits per heavy atom. The zero-order chi connectivity index (χ0) is 16.4. The molecule has 0 radical (unpaired) electrons. The van der Waals surface area contributed by atoms with Crippen molar-refractivity contribution in [3.63, 3.8) is 0 Å². The first kappa shape index (κ1) is 25.4. The zero-order valence-electron chi connectivity index (χ0n) is 15.8. The Morgan fingerprint density at radius 3 is 2.15 bits per heavy atom. The molecule has 0 aromatic heterocycles. The van der Waals surface area contributed by atoms with Crippen molar-refractivity contribution in [2.75, 3.05) is 0 Å². The Kier molecular flexibility index (Phi) is 10.4. The van der Waals surface area contributed by atoms with Crippen LogP contribution in [0.25, 0.3) is 11.1 Å². The van der Waals surface area contributed by atoms with E-state index in [1.807, 2.05) is 6.07 Å². The van der Waals surface area contributed by atoms with Gasteiger partial charge in [0.15, 0.2) is 0 Å². The summed E-state index contributed by atoms with van der Waals surface area (Å²) in [5, 5.41) is 0. The van der Waals surface area contributed by atoms with E-state index >= 15 is 0 Å². The molecular formula is C23H24Cl2Zr. The topological polar surface area (TPSA) is 0 Å². The minimum Gasteiger partial charge on any atom is -1.00 e. The zero-order valence-corrected chi connectivity index (χ0v) is 19.8. The summed E-state index contributed by atoms with van der Waals surface area (Å²) in [5.74, 6) is 0. The largest absolute Gasteiger partial charge is 4.00 e. The predicted octanol–water partition coefficient (Wildman–Crippen LogP) is 0.176. The summed E-state index contributed by atoms with van der Waals surface area (Å²) in [5.41, 5.74) is 8.63. The fourth-order valence-corrected chi connectivity index (χ4v) is 3.42. The van der Waals surface area contributed by atoms with Gasteiger partial charge < -0.3 is 24.8 Å². The van der Waals surface area contributed by atoms with Gasteiger partial charge in [-0.25, -0.2) is 5.57 Å². The van der Waals surface area contributed by atoms with Crippen LogP contribution in [0.15, 0.2) is 59.7 Å². The van der Waals surface area contributed by atoms with Crippen molar-refractivity contribution >= 4 is 0 Å². The van der Waals surface area contributed by atoms with Crippen molar-refractivity contribution in [3.05, 3.63) is 83.0 Å². The van der Waals surface area contributed by atoms with E-state index in [1.165, 1.54) is 33.4 Å². The van der Waals surface area contributed by atoms with Crippen molar-refractivity contribution < 1.29 is 51.0 Å². The molecule has 134 valence electrons. The van der Waals surface area contributed by atoms with Crippen LogP contribution in [0.3, 0.4) is 0 Å².